The average molecular weight is 292 g/mol. The van der Waals surface area contributed by atoms with Crippen LogP contribution in [0.1, 0.15) is 31.5 Å². The van der Waals surface area contributed by atoms with Crippen LogP contribution in [-0.2, 0) is 0 Å². The first-order valence-electron chi connectivity index (χ1n) is 7.45. The lowest BCUT2D eigenvalue weighted by Gasteiger charge is -2.08. The first-order chi connectivity index (χ1) is 10.7. The molecular weight excluding hydrogens is 272 g/mol. The van der Waals surface area contributed by atoms with Gasteiger partial charge in [-0.25, -0.2) is 0 Å². The molecule has 0 aliphatic rings. The summed E-state index contributed by atoms with van der Waals surface area (Å²) < 4.78 is 5.69. The molecule has 3 nitrogen and oxygen atoms in total. The summed E-state index contributed by atoms with van der Waals surface area (Å²) in [6.45, 7) is 5.08. The first kappa shape index (κ1) is 15.8. The lowest BCUT2D eigenvalue weighted by Crippen LogP contribution is -2.01. The van der Waals surface area contributed by atoms with E-state index in [9.17, 15) is 5.26 Å². The van der Waals surface area contributed by atoms with Gasteiger partial charge in [0.25, 0.3) is 0 Å². The third-order valence-corrected chi connectivity index (χ3v) is 3.22. The highest BCUT2D eigenvalue weighted by atomic mass is 16.5. The molecule has 3 heteroatoms. The van der Waals surface area contributed by atoms with Crippen molar-refractivity contribution < 1.29 is 4.74 Å². The van der Waals surface area contributed by atoms with Crippen LogP contribution in [0, 0.1) is 17.2 Å². The molecule has 22 heavy (non-hydrogen) atoms. The van der Waals surface area contributed by atoms with Gasteiger partial charge in [-0.3, -0.25) is 4.98 Å². The van der Waals surface area contributed by atoms with Crippen molar-refractivity contribution in [3.8, 4) is 11.8 Å². The minimum Gasteiger partial charge on any atom is -0.494 e. The standard InChI is InChI=1S/C19H20N2O/c1-15(2)10-12-22-18-8-6-16(7-9-18)13-17(14-20)19-5-3-4-11-21-19/h3-9,11,13,15H,10,12H2,1-2H3/b17-13-. The third-order valence-electron chi connectivity index (χ3n) is 3.22. The van der Waals surface area contributed by atoms with E-state index in [1.807, 2.05) is 48.5 Å². The van der Waals surface area contributed by atoms with Crippen LogP contribution in [0.15, 0.2) is 48.7 Å². The Morgan fingerprint density at radius 2 is 2.00 bits per heavy atom. The maximum atomic E-state index is 9.28. The van der Waals surface area contributed by atoms with Crippen LogP contribution in [0.4, 0.5) is 0 Å². The summed E-state index contributed by atoms with van der Waals surface area (Å²) in [5.74, 6) is 1.49. The predicted molar refractivity (Wildman–Crippen MR) is 89.1 cm³/mol. The zero-order valence-electron chi connectivity index (χ0n) is 13.0. The van der Waals surface area contributed by atoms with Gasteiger partial charge in [0.1, 0.15) is 11.8 Å². The number of rotatable bonds is 6. The highest BCUT2D eigenvalue weighted by molar-refractivity contribution is 5.88. The van der Waals surface area contributed by atoms with Gasteiger partial charge in [-0.2, -0.15) is 5.26 Å². The van der Waals surface area contributed by atoms with Crippen LogP contribution in [0.5, 0.6) is 5.75 Å². The minimum absolute atomic E-state index is 0.550. The molecule has 0 radical (unpaired) electrons. The van der Waals surface area contributed by atoms with Gasteiger partial charge in [0.2, 0.25) is 0 Å². The molecule has 0 saturated heterocycles. The van der Waals surface area contributed by atoms with E-state index in [-0.39, 0.29) is 0 Å². The molecule has 0 N–H and O–H groups in total. The van der Waals surface area contributed by atoms with E-state index < -0.39 is 0 Å². The number of pyridine rings is 1. The van der Waals surface area contributed by atoms with E-state index in [4.69, 9.17) is 4.74 Å². The molecule has 0 amide bonds. The van der Waals surface area contributed by atoms with E-state index in [0.717, 1.165) is 24.3 Å². The number of hydrogen-bond donors (Lipinski definition) is 0. The van der Waals surface area contributed by atoms with E-state index in [1.165, 1.54) is 0 Å². The number of aromatic nitrogens is 1. The number of hydrogen-bond acceptors (Lipinski definition) is 3. The van der Waals surface area contributed by atoms with Gasteiger partial charge in [-0.1, -0.05) is 32.0 Å². The lowest BCUT2D eigenvalue weighted by atomic mass is 10.1. The Morgan fingerprint density at radius 1 is 1.23 bits per heavy atom. The topological polar surface area (TPSA) is 45.9 Å². The highest BCUT2D eigenvalue weighted by Gasteiger charge is 2.02. The quantitative estimate of drug-likeness (QED) is 0.733. The molecule has 0 bridgehead atoms. The van der Waals surface area contributed by atoms with Gasteiger partial charge < -0.3 is 4.74 Å². The third kappa shape index (κ3) is 4.75. The van der Waals surface area contributed by atoms with Crippen molar-refractivity contribution in [2.24, 2.45) is 5.92 Å². The molecule has 0 saturated carbocycles. The largest absolute Gasteiger partial charge is 0.494 e. The Balaban J connectivity index is 2.07. The Morgan fingerprint density at radius 3 is 2.59 bits per heavy atom. The fraction of sp³-hybridized carbons (Fsp3) is 0.263. The Bertz CT molecular complexity index is 652. The minimum atomic E-state index is 0.550. The average Bonchev–Trinajstić information content (AvgIpc) is 2.54. The van der Waals surface area contributed by atoms with Crippen molar-refractivity contribution in [2.45, 2.75) is 20.3 Å². The van der Waals surface area contributed by atoms with Gasteiger partial charge in [0, 0.05) is 6.20 Å². The van der Waals surface area contributed by atoms with Crippen LogP contribution < -0.4 is 4.74 Å². The molecule has 0 unspecified atom stereocenters. The Hall–Kier alpha value is -2.60. The number of benzene rings is 1. The molecule has 1 heterocycles. The molecule has 0 aliphatic heterocycles. The van der Waals surface area contributed by atoms with Crippen LogP contribution >= 0.6 is 0 Å². The zero-order chi connectivity index (χ0) is 15.8. The number of nitrogens with zero attached hydrogens (tertiary/aromatic N) is 2. The van der Waals surface area contributed by atoms with Crippen LogP contribution in [0.2, 0.25) is 0 Å². The molecule has 0 aliphatic carbocycles. The molecule has 0 fully saturated rings. The normalized spacial score (nSPS) is 11.3. The molecule has 2 rings (SSSR count). The second-order valence-corrected chi connectivity index (χ2v) is 5.48. The van der Waals surface area contributed by atoms with Crippen molar-refractivity contribution in [2.75, 3.05) is 6.61 Å². The van der Waals surface area contributed by atoms with Crippen molar-refractivity contribution >= 4 is 11.6 Å². The lowest BCUT2D eigenvalue weighted by molar-refractivity contribution is 0.289. The summed E-state index contributed by atoms with van der Waals surface area (Å²) >= 11 is 0. The molecule has 1 aromatic carbocycles. The molecule has 112 valence electrons. The van der Waals surface area contributed by atoms with E-state index in [0.29, 0.717) is 17.2 Å². The fourth-order valence-electron chi connectivity index (χ4n) is 1.92. The fourth-order valence-corrected chi connectivity index (χ4v) is 1.92. The van der Waals surface area contributed by atoms with Gasteiger partial charge >= 0.3 is 0 Å². The number of nitriles is 1. The first-order valence-corrected chi connectivity index (χ1v) is 7.45. The predicted octanol–water partition coefficient (Wildman–Crippen LogP) is 4.57. The van der Waals surface area contributed by atoms with Crippen LogP contribution in [0.25, 0.3) is 11.6 Å². The van der Waals surface area contributed by atoms with E-state index in [2.05, 4.69) is 24.9 Å². The van der Waals surface area contributed by atoms with Gasteiger partial charge in [0.15, 0.2) is 0 Å². The summed E-state index contributed by atoms with van der Waals surface area (Å²) in [5.41, 5.74) is 2.19. The molecule has 1 aromatic heterocycles. The second kappa shape index (κ2) is 7.99. The van der Waals surface area contributed by atoms with Gasteiger partial charge in [-0.15, -0.1) is 0 Å². The summed E-state index contributed by atoms with van der Waals surface area (Å²) in [5, 5.41) is 9.28. The van der Waals surface area contributed by atoms with Gasteiger partial charge in [0.05, 0.1) is 17.9 Å². The molecular formula is C19H20N2O. The van der Waals surface area contributed by atoms with Gasteiger partial charge in [-0.05, 0) is 48.2 Å². The smallest absolute Gasteiger partial charge is 0.119 e. The van der Waals surface area contributed by atoms with Crippen molar-refractivity contribution in [1.29, 1.82) is 5.26 Å². The van der Waals surface area contributed by atoms with Crippen LogP contribution in [0.3, 0.4) is 0 Å². The number of ether oxygens (including phenoxy) is 1. The summed E-state index contributed by atoms with van der Waals surface area (Å²) in [6, 6.07) is 15.5. The maximum absolute atomic E-state index is 9.28. The Labute approximate surface area is 131 Å². The SMILES string of the molecule is CC(C)CCOc1ccc(/C=C(/C#N)c2ccccn2)cc1. The van der Waals surface area contributed by atoms with Crippen molar-refractivity contribution in [3.63, 3.8) is 0 Å². The molecule has 2 aromatic rings. The zero-order valence-corrected chi connectivity index (χ0v) is 13.0. The molecule has 0 spiro atoms. The van der Waals surface area contributed by atoms with Crippen LogP contribution in [-0.4, -0.2) is 11.6 Å². The monoisotopic (exact) mass is 292 g/mol. The van der Waals surface area contributed by atoms with E-state index >= 15 is 0 Å². The summed E-state index contributed by atoms with van der Waals surface area (Å²) in [4.78, 5) is 4.21. The molecule has 0 atom stereocenters. The highest BCUT2D eigenvalue weighted by Crippen LogP contribution is 2.18. The summed E-state index contributed by atoms with van der Waals surface area (Å²) in [6.07, 6.45) is 4.56. The number of allylic oxidation sites excluding steroid dienone is 1. The van der Waals surface area contributed by atoms with Crippen molar-refractivity contribution in [3.05, 3.63) is 59.9 Å². The maximum Gasteiger partial charge on any atom is 0.119 e. The second-order valence-electron chi connectivity index (χ2n) is 5.48. The van der Waals surface area contributed by atoms with Crippen molar-refractivity contribution in [1.82, 2.24) is 4.98 Å². The summed E-state index contributed by atoms with van der Waals surface area (Å²) in [7, 11) is 0. The Kier molecular flexibility index (Phi) is 5.73. The van der Waals surface area contributed by atoms with E-state index in [1.54, 1.807) is 6.20 Å².